The maximum Gasteiger partial charge on any atom is 0.260 e. The molecule has 4 heteroatoms. The molecule has 1 atom stereocenters. The van der Waals surface area contributed by atoms with Crippen molar-refractivity contribution in [3.05, 3.63) is 28.7 Å². The highest BCUT2D eigenvalue weighted by Crippen LogP contribution is 2.19. The van der Waals surface area contributed by atoms with Crippen LogP contribution in [0.5, 0.6) is 5.75 Å². The van der Waals surface area contributed by atoms with Crippen LogP contribution in [0.15, 0.2) is 28.7 Å². The molecule has 1 aliphatic carbocycles. The van der Waals surface area contributed by atoms with Gasteiger partial charge in [-0.05, 0) is 44.0 Å². The molecule has 0 aliphatic heterocycles. The van der Waals surface area contributed by atoms with E-state index in [9.17, 15) is 4.79 Å². The van der Waals surface area contributed by atoms with E-state index >= 15 is 0 Å². The van der Waals surface area contributed by atoms with Crippen LogP contribution < -0.4 is 10.1 Å². The largest absolute Gasteiger partial charge is 0.481 e. The van der Waals surface area contributed by atoms with E-state index in [0.717, 1.165) is 17.3 Å². The zero-order chi connectivity index (χ0) is 13.0. The summed E-state index contributed by atoms with van der Waals surface area (Å²) in [7, 11) is 0. The molecule has 0 spiro atoms. The molecule has 98 valence electrons. The van der Waals surface area contributed by atoms with Crippen LogP contribution in [0.1, 0.15) is 32.6 Å². The molecule has 0 heterocycles. The van der Waals surface area contributed by atoms with Crippen molar-refractivity contribution in [2.45, 2.75) is 44.8 Å². The van der Waals surface area contributed by atoms with Crippen LogP contribution in [0.2, 0.25) is 0 Å². The van der Waals surface area contributed by atoms with Crippen molar-refractivity contribution in [2.24, 2.45) is 0 Å². The maximum absolute atomic E-state index is 11.9. The smallest absolute Gasteiger partial charge is 0.260 e. The minimum atomic E-state index is -0.452. The fourth-order valence-corrected chi connectivity index (χ4v) is 2.42. The Morgan fingerprint density at radius 3 is 2.56 bits per heavy atom. The van der Waals surface area contributed by atoms with Crippen LogP contribution in [-0.2, 0) is 4.79 Å². The molecule has 3 nitrogen and oxygen atoms in total. The normalized spacial score (nSPS) is 17.4. The molecule has 1 amide bonds. The lowest BCUT2D eigenvalue weighted by Gasteiger charge is -2.18. The second-order valence-electron chi connectivity index (χ2n) is 4.70. The summed E-state index contributed by atoms with van der Waals surface area (Å²) in [6.45, 7) is 1.78. The molecule has 0 aromatic heterocycles. The van der Waals surface area contributed by atoms with Crippen molar-refractivity contribution >= 4 is 21.8 Å². The predicted octanol–water partition coefficient (Wildman–Crippen LogP) is 3.28. The lowest BCUT2D eigenvalue weighted by molar-refractivity contribution is -0.127. The monoisotopic (exact) mass is 311 g/mol. The molecule has 1 saturated carbocycles. The van der Waals surface area contributed by atoms with Gasteiger partial charge in [-0.1, -0.05) is 28.8 Å². The third-order valence-electron chi connectivity index (χ3n) is 3.20. The molecule has 2 rings (SSSR count). The number of halogens is 1. The first-order chi connectivity index (χ1) is 8.65. The van der Waals surface area contributed by atoms with E-state index in [1.165, 1.54) is 12.8 Å². The topological polar surface area (TPSA) is 38.3 Å². The number of nitrogens with one attached hydrogen (secondary N) is 1. The number of carbonyl (C=O) groups excluding carboxylic acids is 1. The molecule has 1 aromatic rings. The van der Waals surface area contributed by atoms with E-state index in [4.69, 9.17) is 4.74 Å². The van der Waals surface area contributed by atoms with Gasteiger partial charge in [0.25, 0.3) is 5.91 Å². The van der Waals surface area contributed by atoms with Crippen LogP contribution in [-0.4, -0.2) is 18.1 Å². The fraction of sp³-hybridized carbons (Fsp3) is 0.500. The minimum absolute atomic E-state index is 0.0233. The second kappa shape index (κ2) is 6.23. The lowest BCUT2D eigenvalue weighted by atomic mass is 10.2. The van der Waals surface area contributed by atoms with Crippen LogP contribution >= 0.6 is 15.9 Å². The number of carbonyl (C=O) groups is 1. The average molecular weight is 312 g/mol. The molecule has 18 heavy (non-hydrogen) atoms. The summed E-state index contributed by atoms with van der Waals surface area (Å²) >= 11 is 3.36. The SMILES string of the molecule is C[C@H](Oc1ccc(Br)cc1)C(=O)NC1CCCC1. The van der Waals surface area contributed by atoms with Crippen molar-refractivity contribution in [1.29, 1.82) is 0 Å². The molecule has 0 bridgehead atoms. The van der Waals surface area contributed by atoms with Gasteiger partial charge in [0.15, 0.2) is 6.10 Å². The first-order valence-corrected chi connectivity index (χ1v) is 7.17. The van der Waals surface area contributed by atoms with E-state index in [1.807, 2.05) is 24.3 Å². The molecular formula is C14H18BrNO2. The fourth-order valence-electron chi connectivity index (χ4n) is 2.16. The van der Waals surface area contributed by atoms with E-state index in [-0.39, 0.29) is 5.91 Å². The van der Waals surface area contributed by atoms with Gasteiger partial charge >= 0.3 is 0 Å². The van der Waals surface area contributed by atoms with Crippen LogP contribution in [0, 0.1) is 0 Å². The zero-order valence-electron chi connectivity index (χ0n) is 10.5. The minimum Gasteiger partial charge on any atom is -0.481 e. The van der Waals surface area contributed by atoms with E-state index in [1.54, 1.807) is 6.92 Å². The Kier molecular flexibility index (Phi) is 4.64. The van der Waals surface area contributed by atoms with Gasteiger partial charge in [0.1, 0.15) is 5.75 Å². The summed E-state index contributed by atoms with van der Waals surface area (Å²) in [6.07, 6.45) is 4.17. The number of hydrogen-bond acceptors (Lipinski definition) is 2. The van der Waals surface area contributed by atoms with Gasteiger partial charge < -0.3 is 10.1 Å². The summed E-state index contributed by atoms with van der Waals surface area (Å²) < 4.78 is 6.61. The van der Waals surface area contributed by atoms with Crippen molar-refractivity contribution in [3.63, 3.8) is 0 Å². The Hall–Kier alpha value is -1.03. The molecular weight excluding hydrogens is 294 g/mol. The predicted molar refractivity (Wildman–Crippen MR) is 74.6 cm³/mol. The molecule has 0 saturated heterocycles. The van der Waals surface area contributed by atoms with Gasteiger partial charge in [-0.25, -0.2) is 0 Å². The highest BCUT2D eigenvalue weighted by atomic mass is 79.9. The van der Waals surface area contributed by atoms with Gasteiger partial charge in [-0.2, -0.15) is 0 Å². The third-order valence-corrected chi connectivity index (χ3v) is 3.73. The number of hydrogen-bond donors (Lipinski definition) is 1. The molecule has 1 N–H and O–H groups in total. The maximum atomic E-state index is 11.9. The van der Waals surface area contributed by atoms with E-state index in [2.05, 4.69) is 21.2 Å². The number of ether oxygens (including phenoxy) is 1. The average Bonchev–Trinajstić information content (AvgIpc) is 2.85. The third kappa shape index (κ3) is 3.73. The quantitative estimate of drug-likeness (QED) is 0.926. The molecule has 1 aromatic carbocycles. The van der Waals surface area contributed by atoms with Crippen molar-refractivity contribution < 1.29 is 9.53 Å². The highest BCUT2D eigenvalue weighted by Gasteiger charge is 2.21. The van der Waals surface area contributed by atoms with Gasteiger partial charge in [-0.15, -0.1) is 0 Å². The zero-order valence-corrected chi connectivity index (χ0v) is 12.1. The Labute approximate surface area is 116 Å². The van der Waals surface area contributed by atoms with Crippen molar-refractivity contribution in [2.75, 3.05) is 0 Å². The van der Waals surface area contributed by atoms with E-state index < -0.39 is 6.10 Å². The van der Waals surface area contributed by atoms with Crippen molar-refractivity contribution in [1.82, 2.24) is 5.32 Å². The van der Waals surface area contributed by atoms with Crippen LogP contribution in [0.3, 0.4) is 0 Å². The molecule has 0 unspecified atom stereocenters. The first-order valence-electron chi connectivity index (χ1n) is 6.38. The van der Waals surface area contributed by atoms with Gasteiger partial charge in [0.05, 0.1) is 0 Å². The Morgan fingerprint density at radius 1 is 1.33 bits per heavy atom. The van der Waals surface area contributed by atoms with E-state index in [0.29, 0.717) is 11.8 Å². The number of rotatable bonds is 4. The molecule has 0 radical (unpaired) electrons. The lowest BCUT2D eigenvalue weighted by Crippen LogP contribution is -2.41. The summed E-state index contributed by atoms with van der Waals surface area (Å²) in [4.78, 5) is 11.9. The van der Waals surface area contributed by atoms with Crippen LogP contribution in [0.4, 0.5) is 0 Å². The Balaban J connectivity index is 1.84. The number of amides is 1. The second-order valence-corrected chi connectivity index (χ2v) is 5.62. The first kappa shape index (κ1) is 13.4. The van der Waals surface area contributed by atoms with Crippen LogP contribution in [0.25, 0.3) is 0 Å². The standard InChI is InChI=1S/C14H18BrNO2/c1-10(14(17)16-12-4-2-3-5-12)18-13-8-6-11(15)7-9-13/h6-10,12H,2-5H2,1H3,(H,16,17)/t10-/m0/s1. The molecule has 1 aliphatic rings. The Morgan fingerprint density at radius 2 is 1.94 bits per heavy atom. The summed E-state index contributed by atoms with van der Waals surface area (Å²) in [5.41, 5.74) is 0. The van der Waals surface area contributed by atoms with Crippen molar-refractivity contribution in [3.8, 4) is 5.75 Å². The highest BCUT2D eigenvalue weighted by molar-refractivity contribution is 9.10. The summed E-state index contributed by atoms with van der Waals surface area (Å²) in [5, 5.41) is 3.04. The van der Waals surface area contributed by atoms with Gasteiger partial charge in [0.2, 0.25) is 0 Å². The number of benzene rings is 1. The Bertz CT molecular complexity index is 399. The molecule has 1 fully saturated rings. The summed E-state index contributed by atoms with van der Waals surface area (Å²) in [6, 6.07) is 7.84. The van der Waals surface area contributed by atoms with Gasteiger partial charge in [0, 0.05) is 10.5 Å². The summed E-state index contributed by atoms with van der Waals surface area (Å²) in [5.74, 6) is 0.692. The van der Waals surface area contributed by atoms with Gasteiger partial charge in [-0.3, -0.25) is 4.79 Å².